The van der Waals surface area contributed by atoms with Gasteiger partial charge in [0.05, 0.1) is 0 Å². The zero-order chi connectivity index (χ0) is 7.40. The predicted molar refractivity (Wildman–Crippen MR) is 44.4 cm³/mol. The van der Waals surface area contributed by atoms with Gasteiger partial charge in [-0.15, -0.1) is 0 Å². The summed E-state index contributed by atoms with van der Waals surface area (Å²) in [6, 6.07) is 10.7. The van der Waals surface area contributed by atoms with Gasteiger partial charge in [0.2, 0.25) is 0 Å². The summed E-state index contributed by atoms with van der Waals surface area (Å²) in [4.78, 5) is 1.31. The van der Waals surface area contributed by atoms with Crippen molar-refractivity contribution >= 4 is 0 Å². The van der Waals surface area contributed by atoms with Gasteiger partial charge in [-0.05, 0) is 0 Å². The van der Waals surface area contributed by atoms with Crippen molar-refractivity contribution in [2.45, 2.75) is 15.7 Å². The summed E-state index contributed by atoms with van der Waals surface area (Å²) in [6.45, 7) is 0. The maximum absolute atomic E-state index is 2.36. The number of benzene rings is 1. The van der Waals surface area contributed by atoms with Crippen LogP contribution in [0.2, 0.25) is 10.8 Å². The molecule has 1 aromatic rings. The van der Waals surface area contributed by atoms with Crippen LogP contribution in [-0.4, -0.2) is 0 Å². The van der Waals surface area contributed by atoms with Crippen LogP contribution in [0.3, 0.4) is 0 Å². The zero-order valence-electron chi connectivity index (χ0n) is 6.82. The Bertz CT molecular complexity index is 184. The summed E-state index contributed by atoms with van der Waals surface area (Å²) in [5.74, 6) is 0. The Kier molecular flexibility index (Phi) is 5.37. The summed E-state index contributed by atoms with van der Waals surface area (Å²) < 4.78 is 0. The third-order valence-corrected chi connectivity index (χ3v) is 2.93. The monoisotopic (exact) mass is 247 g/mol. The topological polar surface area (TPSA) is 0 Å². The van der Waals surface area contributed by atoms with Gasteiger partial charge >= 0.3 is 68.3 Å². The van der Waals surface area contributed by atoms with E-state index in [0.29, 0.717) is 0 Å². The normalized spacial score (nSPS) is 10.2. The molecule has 0 aliphatic carbocycles. The Balaban J connectivity index is 0.000001000. The zero-order valence-corrected chi connectivity index (χ0v) is 8.37. The van der Waals surface area contributed by atoms with Gasteiger partial charge in [-0.1, -0.05) is 0 Å². The molecule has 0 spiro atoms. The Morgan fingerprint density at radius 3 is 2.09 bits per heavy atom. The molecule has 0 N–H and O–H groups in total. The molecule has 0 radical (unpaired) electrons. The van der Waals surface area contributed by atoms with E-state index in [1.165, 1.54) is 10.5 Å². The average molecular weight is 248 g/mol. The summed E-state index contributed by atoms with van der Waals surface area (Å²) in [6.07, 6.45) is 0. The van der Waals surface area contributed by atoms with Crippen molar-refractivity contribution in [1.82, 2.24) is 0 Å². The number of hydrogen-bond acceptors (Lipinski definition) is 0. The number of halogens is 1. The molecule has 0 saturated heterocycles. The van der Waals surface area contributed by atoms with E-state index in [2.05, 4.69) is 41.1 Å². The minimum atomic E-state index is -0.211. The predicted octanol–water partition coefficient (Wildman–Crippen LogP) is 3.05. The minimum absolute atomic E-state index is 0. The van der Waals surface area contributed by atoms with E-state index in [9.17, 15) is 0 Å². The van der Waals surface area contributed by atoms with Crippen molar-refractivity contribution < 1.29 is 21.5 Å². The molecule has 0 bridgehead atoms. The van der Waals surface area contributed by atoms with Crippen LogP contribution < -0.4 is 0 Å². The fourth-order valence-electron chi connectivity index (χ4n) is 0.811. The van der Waals surface area contributed by atoms with E-state index in [1.54, 1.807) is 0 Å². The van der Waals surface area contributed by atoms with E-state index < -0.39 is 0 Å². The van der Waals surface area contributed by atoms with Gasteiger partial charge in [-0.3, -0.25) is 4.70 Å². The van der Waals surface area contributed by atoms with E-state index in [-0.39, 0.29) is 21.5 Å². The van der Waals surface area contributed by atoms with Crippen LogP contribution >= 0.6 is 0 Å². The fourth-order valence-corrected chi connectivity index (χ4v) is 2.45. The Morgan fingerprint density at radius 2 is 1.64 bits per heavy atom. The van der Waals surface area contributed by atoms with Crippen LogP contribution in [0, 0.1) is 0 Å². The molecular formula is C9H14FPd. The van der Waals surface area contributed by atoms with Crippen LogP contribution in [0.4, 0.5) is 4.70 Å². The van der Waals surface area contributed by atoms with Crippen LogP contribution in [0.1, 0.15) is 5.56 Å². The molecule has 0 nitrogen and oxygen atoms in total. The van der Waals surface area contributed by atoms with Crippen molar-refractivity contribution in [3.8, 4) is 0 Å². The van der Waals surface area contributed by atoms with Gasteiger partial charge < -0.3 is 0 Å². The maximum atomic E-state index is 2.36. The van der Waals surface area contributed by atoms with Crippen LogP contribution in [-0.2, 0) is 21.7 Å². The molecule has 0 aromatic heterocycles. The third kappa shape index (κ3) is 4.29. The molecule has 0 atom stereocenters. The van der Waals surface area contributed by atoms with E-state index >= 15 is 0 Å². The summed E-state index contributed by atoms with van der Waals surface area (Å²) in [5.41, 5.74) is 1.49. The Morgan fingerprint density at radius 1 is 1.09 bits per heavy atom. The Labute approximate surface area is 73.3 Å². The van der Waals surface area contributed by atoms with Gasteiger partial charge in [-0.25, -0.2) is 0 Å². The van der Waals surface area contributed by atoms with Crippen molar-refractivity contribution in [3.63, 3.8) is 0 Å². The molecule has 0 fully saturated rings. The third-order valence-electron chi connectivity index (χ3n) is 1.20. The van der Waals surface area contributed by atoms with Crippen LogP contribution in [0.25, 0.3) is 0 Å². The van der Waals surface area contributed by atoms with E-state index in [0.717, 1.165) is 0 Å². The summed E-state index contributed by atoms with van der Waals surface area (Å²) in [7, 11) is 0. The average Bonchev–Trinajstić information content (AvgIpc) is 1.88. The second-order valence-electron chi connectivity index (χ2n) is 2.36. The molecule has 0 heterocycles. The number of rotatable bonds is 2. The SMILES string of the molecule is F.[CH3][Pd]([CH3])[CH2]c1ccccc1. The number of hydrogen-bond donors (Lipinski definition) is 0. The molecule has 11 heavy (non-hydrogen) atoms. The first-order valence-electron chi connectivity index (χ1n) is 3.12. The van der Waals surface area contributed by atoms with Gasteiger partial charge in [0, 0.05) is 0 Å². The first-order chi connectivity index (χ1) is 4.79. The van der Waals surface area contributed by atoms with Crippen molar-refractivity contribution in [2.24, 2.45) is 0 Å². The second kappa shape index (κ2) is 5.46. The molecule has 0 amide bonds. The molecule has 0 unspecified atom stereocenters. The van der Waals surface area contributed by atoms with Crippen LogP contribution in [0.5, 0.6) is 0 Å². The van der Waals surface area contributed by atoms with Gasteiger partial charge in [0.25, 0.3) is 0 Å². The molecular weight excluding hydrogens is 234 g/mol. The molecule has 1 rings (SSSR count). The molecule has 2 heteroatoms. The first-order valence-corrected chi connectivity index (χ1v) is 7.33. The van der Waals surface area contributed by atoms with Crippen molar-refractivity contribution in [1.29, 1.82) is 0 Å². The summed E-state index contributed by atoms with van der Waals surface area (Å²) in [5, 5.41) is 4.72. The van der Waals surface area contributed by atoms with E-state index in [4.69, 9.17) is 0 Å². The van der Waals surface area contributed by atoms with E-state index in [1.807, 2.05) is 0 Å². The van der Waals surface area contributed by atoms with Gasteiger partial charge in [0.15, 0.2) is 0 Å². The van der Waals surface area contributed by atoms with Gasteiger partial charge in [0.1, 0.15) is 0 Å². The summed E-state index contributed by atoms with van der Waals surface area (Å²) >= 11 is -0.211. The first kappa shape index (κ1) is 10.8. The quantitative estimate of drug-likeness (QED) is 0.705. The standard InChI is InChI=1S/C7H7.2CH3.FH.Pd/c1-7-5-3-2-4-6-7;;;;/h2-6H,1H2;2*1H3;1H;. The molecule has 0 aliphatic rings. The second-order valence-corrected chi connectivity index (χ2v) is 6.66. The fraction of sp³-hybridized carbons (Fsp3) is 0.333. The van der Waals surface area contributed by atoms with Crippen molar-refractivity contribution in [3.05, 3.63) is 35.9 Å². The molecule has 0 saturated carbocycles. The van der Waals surface area contributed by atoms with Crippen LogP contribution in [0.15, 0.2) is 30.3 Å². The molecule has 67 valence electrons. The van der Waals surface area contributed by atoms with Crippen molar-refractivity contribution in [2.75, 3.05) is 0 Å². The Hall–Kier alpha value is -0.188. The van der Waals surface area contributed by atoms with Gasteiger partial charge in [-0.2, -0.15) is 0 Å². The molecule has 1 aromatic carbocycles. The molecule has 0 aliphatic heterocycles.